The quantitative estimate of drug-likeness (QED) is 0.713. The van der Waals surface area contributed by atoms with Crippen LogP contribution >= 0.6 is 0 Å². The second-order valence-corrected chi connectivity index (χ2v) is 6.90. The first-order valence-corrected chi connectivity index (χ1v) is 9.40. The van der Waals surface area contributed by atoms with Gasteiger partial charge in [-0.15, -0.1) is 0 Å². The van der Waals surface area contributed by atoms with E-state index in [2.05, 4.69) is 37.6 Å². The summed E-state index contributed by atoms with van der Waals surface area (Å²) in [6.45, 7) is 4.05. The van der Waals surface area contributed by atoms with Gasteiger partial charge in [-0.3, -0.25) is 9.59 Å². The van der Waals surface area contributed by atoms with Crippen LogP contribution in [0.15, 0.2) is 54.6 Å². The number of nitrogens with one attached hydrogen (secondary N) is 2. The molecular formula is C22H21N5O2. The summed E-state index contributed by atoms with van der Waals surface area (Å²) >= 11 is 0. The average Bonchev–Trinajstić information content (AvgIpc) is 3.13. The van der Waals surface area contributed by atoms with Crippen molar-refractivity contribution in [3.05, 3.63) is 71.7 Å². The second-order valence-electron chi connectivity index (χ2n) is 6.90. The third-order valence-corrected chi connectivity index (χ3v) is 4.68. The van der Waals surface area contributed by atoms with Gasteiger partial charge in [0.2, 0.25) is 5.91 Å². The number of rotatable bonds is 4. The summed E-state index contributed by atoms with van der Waals surface area (Å²) in [6.07, 6.45) is 0.946. The molecule has 2 amide bonds. The second kappa shape index (κ2) is 7.71. The van der Waals surface area contributed by atoms with E-state index in [0.29, 0.717) is 28.7 Å². The highest BCUT2D eigenvalue weighted by Crippen LogP contribution is 2.33. The molecule has 146 valence electrons. The molecule has 0 saturated heterocycles. The number of fused-ring (bicyclic) bond motifs is 1. The Morgan fingerprint density at radius 1 is 0.966 bits per heavy atom. The van der Waals surface area contributed by atoms with Crippen molar-refractivity contribution < 1.29 is 9.59 Å². The molecule has 3 aromatic rings. The maximum Gasteiger partial charge on any atom is 0.274 e. The molecule has 7 nitrogen and oxygen atoms in total. The van der Waals surface area contributed by atoms with Crippen molar-refractivity contribution in [3.8, 4) is 0 Å². The van der Waals surface area contributed by atoms with Crippen LogP contribution in [0.25, 0.3) is 0 Å². The van der Waals surface area contributed by atoms with Gasteiger partial charge < -0.3 is 15.5 Å². The van der Waals surface area contributed by atoms with E-state index in [4.69, 9.17) is 0 Å². The van der Waals surface area contributed by atoms with Gasteiger partial charge in [0.25, 0.3) is 5.91 Å². The van der Waals surface area contributed by atoms with Crippen LogP contribution in [-0.2, 0) is 11.2 Å². The highest BCUT2D eigenvalue weighted by atomic mass is 16.2. The zero-order chi connectivity index (χ0) is 20.4. The molecule has 0 bridgehead atoms. The minimum atomic E-state index is -0.309. The average molecular weight is 387 g/mol. The van der Waals surface area contributed by atoms with E-state index in [1.165, 1.54) is 12.5 Å². The highest BCUT2D eigenvalue weighted by Gasteiger charge is 2.22. The number of para-hydroxylation sites is 1. The van der Waals surface area contributed by atoms with Crippen LogP contribution in [0.1, 0.15) is 28.8 Å². The molecule has 0 spiro atoms. The lowest BCUT2D eigenvalue weighted by Crippen LogP contribution is -2.19. The Bertz CT molecular complexity index is 1080. The summed E-state index contributed by atoms with van der Waals surface area (Å²) in [5, 5.41) is 5.54. The lowest BCUT2D eigenvalue weighted by Gasteiger charge is -2.19. The van der Waals surface area contributed by atoms with E-state index in [-0.39, 0.29) is 11.8 Å². The molecule has 2 heterocycles. The fourth-order valence-electron chi connectivity index (χ4n) is 3.42. The van der Waals surface area contributed by atoms with Crippen LogP contribution in [0.5, 0.6) is 0 Å². The van der Waals surface area contributed by atoms with Crippen LogP contribution in [-0.4, -0.2) is 28.3 Å². The van der Waals surface area contributed by atoms with Gasteiger partial charge in [-0.2, -0.15) is 0 Å². The van der Waals surface area contributed by atoms with E-state index in [1.54, 1.807) is 37.3 Å². The fraction of sp³-hybridized carbons (Fsp3) is 0.182. The molecule has 0 radical (unpaired) electrons. The molecular weight excluding hydrogens is 366 g/mol. The maximum absolute atomic E-state index is 12.8. The van der Waals surface area contributed by atoms with Gasteiger partial charge in [-0.25, -0.2) is 9.97 Å². The summed E-state index contributed by atoms with van der Waals surface area (Å²) in [6, 6.07) is 16.9. The van der Waals surface area contributed by atoms with Gasteiger partial charge in [0.15, 0.2) is 0 Å². The largest absolute Gasteiger partial charge is 0.326 e. The lowest BCUT2D eigenvalue weighted by atomic mass is 10.2. The van der Waals surface area contributed by atoms with E-state index in [0.717, 1.165) is 18.7 Å². The van der Waals surface area contributed by atoms with Gasteiger partial charge in [-0.05, 0) is 49.2 Å². The first-order chi connectivity index (χ1) is 14.0. The van der Waals surface area contributed by atoms with E-state index in [1.807, 2.05) is 12.1 Å². The number of anilines is 4. The third kappa shape index (κ3) is 4.08. The maximum atomic E-state index is 12.8. The Labute approximate surface area is 168 Å². The van der Waals surface area contributed by atoms with Crippen LogP contribution in [0.2, 0.25) is 0 Å². The number of nitrogens with zero attached hydrogens (tertiary/aromatic N) is 3. The molecule has 1 aliphatic rings. The summed E-state index contributed by atoms with van der Waals surface area (Å²) in [5.41, 5.74) is 3.99. The summed E-state index contributed by atoms with van der Waals surface area (Å²) in [5.74, 6) is 0.803. The number of amides is 2. The van der Waals surface area contributed by atoms with E-state index < -0.39 is 0 Å². The van der Waals surface area contributed by atoms with Crippen LogP contribution in [0.4, 0.5) is 22.9 Å². The molecule has 0 atom stereocenters. The first kappa shape index (κ1) is 18.6. The smallest absolute Gasteiger partial charge is 0.274 e. The predicted octanol–water partition coefficient (Wildman–Crippen LogP) is 3.69. The number of aryl methyl sites for hydroxylation is 1. The Morgan fingerprint density at radius 2 is 1.66 bits per heavy atom. The Balaban J connectivity index is 1.55. The normalized spacial score (nSPS) is 12.4. The molecule has 0 unspecified atom stereocenters. The topological polar surface area (TPSA) is 87.2 Å². The van der Waals surface area contributed by atoms with Crippen molar-refractivity contribution in [2.24, 2.45) is 0 Å². The monoisotopic (exact) mass is 387 g/mol. The molecule has 1 aliphatic heterocycles. The van der Waals surface area contributed by atoms with Crippen molar-refractivity contribution in [3.63, 3.8) is 0 Å². The molecule has 0 saturated carbocycles. The summed E-state index contributed by atoms with van der Waals surface area (Å²) in [7, 11) is 0. The molecule has 7 heteroatoms. The van der Waals surface area contributed by atoms with Crippen LogP contribution in [0, 0.1) is 6.92 Å². The molecule has 2 aromatic carbocycles. The van der Waals surface area contributed by atoms with Crippen molar-refractivity contribution in [2.75, 3.05) is 22.1 Å². The number of benzene rings is 2. The minimum Gasteiger partial charge on any atom is -0.326 e. The SMILES string of the molecule is CC(=O)Nc1ccc(NC(=O)c2cc(N3CCc4ccccc43)nc(C)n2)cc1. The molecule has 4 rings (SSSR count). The Morgan fingerprint density at radius 3 is 2.38 bits per heavy atom. The zero-order valence-electron chi connectivity index (χ0n) is 16.3. The number of aromatic nitrogens is 2. The first-order valence-electron chi connectivity index (χ1n) is 9.40. The number of carbonyl (C=O) groups is 2. The Kier molecular flexibility index (Phi) is 4.95. The third-order valence-electron chi connectivity index (χ3n) is 4.68. The lowest BCUT2D eigenvalue weighted by molar-refractivity contribution is -0.114. The zero-order valence-corrected chi connectivity index (χ0v) is 16.3. The number of carbonyl (C=O) groups excluding carboxylic acids is 2. The summed E-state index contributed by atoms with van der Waals surface area (Å²) in [4.78, 5) is 34.8. The van der Waals surface area contributed by atoms with E-state index in [9.17, 15) is 9.59 Å². The van der Waals surface area contributed by atoms with Gasteiger partial charge >= 0.3 is 0 Å². The van der Waals surface area contributed by atoms with Gasteiger partial charge in [-0.1, -0.05) is 18.2 Å². The molecule has 0 aliphatic carbocycles. The van der Waals surface area contributed by atoms with Gasteiger partial charge in [0.05, 0.1) is 0 Å². The predicted molar refractivity (Wildman–Crippen MR) is 113 cm³/mol. The fourth-order valence-corrected chi connectivity index (χ4v) is 3.42. The van der Waals surface area contributed by atoms with Gasteiger partial charge in [0.1, 0.15) is 17.3 Å². The number of hydrogen-bond acceptors (Lipinski definition) is 5. The standard InChI is InChI=1S/C22H21N5O2/c1-14-23-19(22(29)26-18-9-7-17(8-10-18)25-15(2)28)13-21(24-14)27-12-11-16-5-3-4-6-20(16)27/h3-10,13H,11-12H2,1-2H3,(H,25,28)(H,26,29). The Hall–Kier alpha value is -3.74. The highest BCUT2D eigenvalue weighted by molar-refractivity contribution is 6.03. The van der Waals surface area contributed by atoms with Crippen LogP contribution < -0.4 is 15.5 Å². The molecule has 2 N–H and O–H groups in total. The van der Waals surface area contributed by atoms with Crippen molar-refractivity contribution in [1.82, 2.24) is 9.97 Å². The molecule has 29 heavy (non-hydrogen) atoms. The summed E-state index contributed by atoms with van der Waals surface area (Å²) < 4.78 is 0. The molecule has 1 aromatic heterocycles. The van der Waals surface area contributed by atoms with Gasteiger partial charge in [0, 0.05) is 36.6 Å². The number of hydrogen-bond donors (Lipinski definition) is 2. The van der Waals surface area contributed by atoms with Crippen molar-refractivity contribution in [2.45, 2.75) is 20.3 Å². The van der Waals surface area contributed by atoms with Crippen molar-refractivity contribution >= 4 is 34.7 Å². The minimum absolute atomic E-state index is 0.144. The van der Waals surface area contributed by atoms with Crippen LogP contribution in [0.3, 0.4) is 0 Å². The van der Waals surface area contributed by atoms with E-state index >= 15 is 0 Å². The van der Waals surface area contributed by atoms with Crippen molar-refractivity contribution in [1.29, 1.82) is 0 Å². The molecule has 0 fully saturated rings.